The van der Waals surface area contributed by atoms with Crippen molar-refractivity contribution in [3.05, 3.63) is 47.1 Å². The molecule has 1 atom stereocenters. The highest BCUT2D eigenvalue weighted by Gasteiger charge is 2.39. The second-order valence-electron chi connectivity index (χ2n) is 8.07. The molecule has 0 aliphatic heterocycles. The van der Waals surface area contributed by atoms with Crippen molar-refractivity contribution >= 4 is 32.5 Å². The molecule has 174 valence electrons. The smallest absolute Gasteiger partial charge is 0.335 e. The van der Waals surface area contributed by atoms with Crippen LogP contribution in [-0.2, 0) is 10.0 Å². The van der Waals surface area contributed by atoms with E-state index in [0.29, 0.717) is 27.4 Å². The number of nitriles is 1. The Morgan fingerprint density at radius 3 is 2.52 bits per heavy atom. The lowest BCUT2D eigenvalue weighted by molar-refractivity contribution is -0.147. The summed E-state index contributed by atoms with van der Waals surface area (Å²) in [5.41, 5.74) is 2.10. The number of aromatic nitrogens is 2. The van der Waals surface area contributed by atoms with Crippen LogP contribution in [0.3, 0.4) is 0 Å². The van der Waals surface area contributed by atoms with Gasteiger partial charge < -0.3 is 4.57 Å². The zero-order chi connectivity index (χ0) is 24.0. The minimum absolute atomic E-state index is 0.144. The molecule has 0 bridgehead atoms. The number of halogens is 4. The topological polar surface area (TPSA) is 87.8 Å². The molecular formula is C22H20ClF3N4O2S. The van der Waals surface area contributed by atoms with Crippen LogP contribution < -0.4 is 4.72 Å². The summed E-state index contributed by atoms with van der Waals surface area (Å²) in [6, 6.07) is 8.03. The molecule has 11 heteroatoms. The fraction of sp³-hybridized carbons (Fsp3) is 0.364. The van der Waals surface area contributed by atoms with Gasteiger partial charge >= 0.3 is 6.18 Å². The van der Waals surface area contributed by atoms with Crippen molar-refractivity contribution in [1.29, 1.82) is 5.26 Å². The van der Waals surface area contributed by atoms with Crippen molar-refractivity contribution in [2.45, 2.75) is 55.8 Å². The number of nitrogens with zero attached hydrogens (tertiary/aromatic N) is 3. The normalized spacial score (nSPS) is 16.2. The Balaban J connectivity index is 1.81. The fourth-order valence-corrected chi connectivity index (χ4v) is 5.59. The van der Waals surface area contributed by atoms with Crippen LogP contribution in [0.25, 0.3) is 22.3 Å². The summed E-state index contributed by atoms with van der Waals surface area (Å²) in [7, 11) is -4.44. The van der Waals surface area contributed by atoms with Crippen molar-refractivity contribution in [2.75, 3.05) is 0 Å². The van der Waals surface area contributed by atoms with Crippen molar-refractivity contribution < 1.29 is 21.6 Å². The first-order valence-electron chi connectivity index (χ1n) is 10.3. The third-order valence-electron chi connectivity index (χ3n) is 5.88. The SMILES string of the molecule is C[C@@H](NS(=O)(=O)c1ccc(-c2c(C#N)c3cc(Cl)ccc3n2C2CCCC2)nc1)C(F)(F)F. The van der Waals surface area contributed by atoms with Crippen molar-refractivity contribution in [1.82, 2.24) is 14.3 Å². The second kappa shape index (κ2) is 8.63. The van der Waals surface area contributed by atoms with Crippen LogP contribution in [0.2, 0.25) is 5.02 Å². The number of hydrogen-bond acceptors (Lipinski definition) is 4. The predicted molar refractivity (Wildman–Crippen MR) is 118 cm³/mol. The summed E-state index contributed by atoms with van der Waals surface area (Å²) < 4.78 is 66.9. The maximum absolute atomic E-state index is 12.8. The standard InChI is InChI=1S/C22H20ClF3N4O2S/c1-13(22(24,25)26)29-33(31,32)16-7-8-19(28-12-16)21-18(11-27)17-10-14(23)6-9-20(17)30(21)15-4-2-3-5-15/h6-10,12-13,15,29H,2-5H2,1H3/t13-/m1/s1. The van der Waals surface area contributed by atoms with E-state index in [1.54, 1.807) is 16.9 Å². The van der Waals surface area contributed by atoms with E-state index in [4.69, 9.17) is 11.6 Å². The molecule has 1 fully saturated rings. The molecule has 2 aromatic heterocycles. The van der Waals surface area contributed by atoms with E-state index >= 15 is 0 Å². The van der Waals surface area contributed by atoms with E-state index in [-0.39, 0.29) is 6.04 Å². The van der Waals surface area contributed by atoms with Gasteiger partial charge in [-0.15, -0.1) is 0 Å². The van der Waals surface area contributed by atoms with E-state index in [0.717, 1.165) is 44.3 Å². The lowest BCUT2D eigenvalue weighted by Crippen LogP contribution is -2.42. The largest absolute Gasteiger partial charge is 0.404 e. The van der Waals surface area contributed by atoms with Gasteiger partial charge in [-0.1, -0.05) is 24.4 Å². The number of hydrogen-bond donors (Lipinski definition) is 1. The first kappa shape index (κ1) is 23.5. The Bertz CT molecular complexity index is 1340. The highest BCUT2D eigenvalue weighted by Crippen LogP contribution is 2.41. The van der Waals surface area contributed by atoms with E-state index in [9.17, 15) is 26.9 Å². The van der Waals surface area contributed by atoms with Crippen molar-refractivity contribution in [3.63, 3.8) is 0 Å². The van der Waals surface area contributed by atoms with E-state index in [1.807, 2.05) is 6.07 Å². The maximum Gasteiger partial charge on any atom is 0.404 e. The molecule has 0 amide bonds. The van der Waals surface area contributed by atoms with Crippen molar-refractivity contribution in [3.8, 4) is 17.5 Å². The van der Waals surface area contributed by atoms with E-state index in [1.165, 1.54) is 12.1 Å². The van der Waals surface area contributed by atoms with Crippen LogP contribution in [0, 0.1) is 11.3 Å². The van der Waals surface area contributed by atoms with Crippen LogP contribution in [0.4, 0.5) is 13.2 Å². The third-order valence-corrected chi connectivity index (χ3v) is 7.64. The molecule has 3 aromatic rings. The Kier molecular flexibility index (Phi) is 6.16. The van der Waals surface area contributed by atoms with Gasteiger partial charge in [0.25, 0.3) is 0 Å². The highest BCUT2D eigenvalue weighted by molar-refractivity contribution is 7.89. The summed E-state index contributed by atoms with van der Waals surface area (Å²) in [4.78, 5) is 3.84. The average Bonchev–Trinajstić information content (AvgIpc) is 3.38. The van der Waals surface area contributed by atoms with Gasteiger partial charge in [0.15, 0.2) is 0 Å². The van der Waals surface area contributed by atoms with Crippen molar-refractivity contribution in [2.24, 2.45) is 0 Å². The van der Waals surface area contributed by atoms with Gasteiger partial charge in [-0.05, 0) is 50.1 Å². The molecule has 0 spiro atoms. The van der Waals surface area contributed by atoms with Gasteiger partial charge in [-0.2, -0.15) is 23.2 Å². The van der Waals surface area contributed by atoms with Gasteiger partial charge in [0, 0.05) is 22.6 Å². The average molecular weight is 497 g/mol. The monoisotopic (exact) mass is 496 g/mol. The molecule has 1 aliphatic rings. The second-order valence-corrected chi connectivity index (χ2v) is 10.2. The lowest BCUT2D eigenvalue weighted by atomic mass is 10.1. The Morgan fingerprint density at radius 1 is 1.24 bits per heavy atom. The molecule has 4 rings (SSSR count). The lowest BCUT2D eigenvalue weighted by Gasteiger charge is -2.19. The number of alkyl halides is 3. The molecule has 1 aliphatic carbocycles. The first-order valence-corrected chi connectivity index (χ1v) is 12.2. The molecule has 1 N–H and O–H groups in total. The number of pyridine rings is 1. The summed E-state index contributed by atoms with van der Waals surface area (Å²) in [5, 5.41) is 11.1. The number of fused-ring (bicyclic) bond motifs is 1. The zero-order valence-corrected chi connectivity index (χ0v) is 19.1. The highest BCUT2D eigenvalue weighted by atomic mass is 35.5. The zero-order valence-electron chi connectivity index (χ0n) is 17.5. The Hall–Kier alpha value is -2.61. The molecule has 0 unspecified atom stereocenters. The summed E-state index contributed by atoms with van der Waals surface area (Å²) >= 11 is 6.17. The molecule has 33 heavy (non-hydrogen) atoms. The summed E-state index contributed by atoms with van der Waals surface area (Å²) in [5.74, 6) is 0. The summed E-state index contributed by atoms with van der Waals surface area (Å²) in [6.07, 6.45) is 0.239. The molecule has 0 radical (unpaired) electrons. The predicted octanol–water partition coefficient (Wildman–Crippen LogP) is 5.57. The molecule has 1 saturated carbocycles. The first-order chi connectivity index (χ1) is 15.5. The van der Waals surface area contributed by atoms with E-state index < -0.39 is 27.1 Å². The van der Waals surface area contributed by atoms with E-state index in [2.05, 4.69) is 15.6 Å². The number of benzene rings is 1. The number of nitrogens with one attached hydrogen (secondary N) is 1. The number of sulfonamides is 1. The van der Waals surface area contributed by atoms with Gasteiger partial charge in [-0.25, -0.2) is 8.42 Å². The number of rotatable bonds is 5. The quantitative estimate of drug-likeness (QED) is 0.500. The molecule has 2 heterocycles. The van der Waals surface area contributed by atoms with Crippen LogP contribution in [0.15, 0.2) is 41.4 Å². The van der Waals surface area contributed by atoms with Gasteiger partial charge in [0.1, 0.15) is 17.0 Å². The van der Waals surface area contributed by atoms with Crippen LogP contribution in [0.5, 0.6) is 0 Å². The molecule has 0 saturated heterocycles. The Labute approximate surface area is 194 Å². The third kappa shape index (κ3) is 4.45. The van der Waals surface area contributed by atoms with Crippen LogP contribution in [-0.4, -0.2) is 30.2 Å². The molecule has 6 nitrogen and oxygen atoms in total. The van der Waals surface area contributed by atoms with Crippen LogP contribution >= 0.6 is 11.6 Å². The summed E-state index contributed by atoms with van der Waals surface area (Å²) in [6.45, 7) is 0.726. The molecular weight excluding hydrogens is 477 g/mol. The molecule has 1 aromatic carbocycles. The van der Waals surface area contributed by atoms with Crippen LogP contribution in [0.1, 0.15) is 44.2 Å². The maximum atomic E-state index is 12.8. The van der Waals surface area contributed by atoms with Gasteiger partial charge in [0.2, 0.25) is 10.0 Å². The fourth-order valence-electron chi connectivity index (χ4n) is 4.24. The minimum Gasteiger partial charge on any atom is -0.335 e. The van der Waals surface area contributed by atoms with Gasteiger partial charge in [-0.3, -0.25) is 4.98 Å². The van der Waals surface area contributed by atoms with Gasteiger partial charge in [0.05, 0.1) is 22.5 Å². The Morgan fingerprint density at radius 2 is 1.94 bits per heavy atom. The minimum atomic E-state index is -4.72.